The Labute approximate surface area is 127 Å². The monoisotopic (exact) mass is 361 g/mol. The van der Waals surface area contributed by atoms with Crippen LogP contribution in [0.25, 0.3) is 0 Å². The minimum Gasteiger partial charge on any atom is -0.207 e. The van der Waals surface area contributed by atoms with Crippen LogP contribution in [-0.2, 0) is 10.0 Å². The summed E-state index contributed by atoms with van der Waals surface area (Å²) in [5, 5.41) is 0. The van der Waals surface area contributed by atoms with Gasteiger partial charge in [0.25, 0.3) is 0 Å². The number of halogens is 2. The standard InChI is InChI=1S/C14H17BrFNO2S/c15-12-5-6-14(13(16)7-12)20(18,19)17(8-10-1-2-10)9-11-3-4-11/h5-7,10-11H,1-4,8-9H2. The van der Waals surface area contributed by atoms with E-state index in [0.29, 0.717) is 29.4 Å². The molecule has 6 heteroatoms. The Morgan fingerprint density at radius 1 is 1.15 bits per heavy atom. The number of hydrogen-bond acceptors (Lipinski definition) is 2. The second kappa shape index (κ2) is 5.39. The van der Waals surface area contributed by atoms with Gasteiger partial charge in [-0.1, -0.05) is 15.9 Å². The van der Waals surface area contributed by atoms with Gasteiger partial charge in [0, 0.05) is 17.6 Å². The molecule has 0 heterocycles. The van der Waals surface area contributed by atoms with Crippen LogP contribution in [0.3, 0.4) is 0 Å². The topological polar surface area (TPSA) is 37.4 Å². The highest BCUT2D eigenvalue weighted by atomic mass is 79.9. The summed E-state index contributed by atoms with van der Waals surface area (Å²) in [6.45, 7) is 1.07. The van der Waals surface area contributed by atoms with Gasteiger partial charge in [-0.25, -0.2) is 12.8 Å². The van der Waals surface area contributed by atoms with Gasteiger partial charge in [-0.2, -0.15) is 4.31 Å². The minimum atomic E-state index is -3.72. The molecule has 2 aliphatic carbocycles. The van der Waals surface area contributed by atoms with Crippen molar-refractivity contribution in [3.63, 3.8) is 0 Å². The van der Waals surface area contributed by atoms with E-state index in [0.717, 1.165) is 25.7 Å². The Balaban J connectivity index is 1.89. The van der Waals surface area contributed by atoms with Crippen LogP contribution in [0, 0.1) is 17.7 Å². The van der Waals surface area contributed by atoms with Crippen molar-refractivity contribution in [2.24, 2.45) is 11.8 Å². The van der Waals surface area contributed by atoms with Crippen molar-refractivity contribution >= 4 is 26.0 Å². The van der Waals surface area contributed by atoms with E-state index in [9.17, 15) is 12.8 Å². The lowest BCUT2D eigenvalue weighted by molar-refractivity contribution is 0.379. The first-order valence-corrected chi connectivity index (χ1v) is 9.15. The zero-order chi connectivity index (χ0) is 14.3. The summed E-state index contributed by atoms with van der Waals surface area (Å²) in [7, 11) is -3.72. The fraction of sp³-hybridized carbons (Fsp3) is 0.571. The summed E-state index contributed by atoms with van der Waals surface area (Å²) in [6, 6.07) is 4.13. The first kappa shape index (κ1) is 14.5. The van der Waals surface area contributed by atoms with Crippen LogP contribution >= 0.6 is 15.9 Å². The van der Waals surface area contributed by atoms with Crippen molar-refractivity contribution in [3.05, 3.63) is 28.5 Å². The Morgan fingerprint density at radius 2 is 1.70 bits per heavy atom. The summed E-state index contributed by atoms with van der Waals surface area (Å²) < 4.78 is 41.3. The summed E-state index contributed by atoms with van der Waals surface area (Å²) >= 11 is 3.15. The summed E-state index contributed by atoms with van der Waals surface area (Å²) in [4.78, 5) is -0.206. The van der Waals surface area contributed by atoms with E-state index < -0.39 is 15.8 Å². The molecule has 3 rings (SSSR count). The summed E-state index contributed by atoms with van der Waals surface area (Å²) in [5.74, 6) is 0.236. The van der Waals surface area contributed by atoms with Crippen LogP contribution in [0.5, 0.6) is 0 Å². The highest BCUT2D eigenvalue weighted by Crippen LogP contribution is 2.36. The largest absolute Gasteiger partial charge is 0.246 e. The SMILES string of the molecule is O=S(=O)(c1ccc(Br)cc1F)N(CC1CC1)CC1CC1. The molecule has 0 bridgehead atoms. The molecule has 1 aromatic rings. The number of benzene rings is 1. The van der Waals surface area contributed by atoms with Crippen molar-refractivity contribution in [1.29, 1.82) is 0 Å². The Morgan fingerprint density at radius 3 is 2.15 bits per heavy atom. The van der Waals surface area contributed by atoms with Crippen molar-refractivity contribution in [1.82, 2.24) is 4.31 Å². The van der Waals surface area contributed by atoms with E-state index in [1.807, 2.05) is 0 Å². The van der Waals surface area contributed by atoms with E-state index in [1.54, 1.807) is 6.07 Å². The molecule has 1 aromatic carbocycles. The van der Waals surface area contributed by atoms with Gasteiger partial charge >= 0.3 is 0 Å². The molecule has 3 nitrogen and oxygen atoms in total. The molecule has 0 unspecified atom stereocenters. The molecule has 2 aliphatic rings. The molecule has 2 saturated carbocycles. The van der Waals surface area contributed by atoms with Crippen LogP contribution in [-0.4, -0.2) is 25.8 Å². The lowest BCUT2D eigenvalue weighted by Crippen LogP contribution is -2.35. The van der Waals surface area contributed by atoms with Gasteiger partial charge in [0.15, 0.2) is 0 Å². The average Bonchev–Trinajstić information content (AvgIpc) is 3.22. The van der Waals surface area contributed by atoms with Crippen molar-refractivity contribution in [3.8, 4) is 0 Å². The normalized spacial score (nSPS) is 19.6. The van der Waals surface area contributed by atoms with Gasteiger partial charge in [0.05, 0.1) is 0 Å². The highest BCUT2D eigenvalue weighted by molar-refractivity contribution is 9.10. The fourth-order valence-electron chi connectivity index (χ4n) is 2.27. The third-order valence-electron chi connectivity index (χ3n) is 3.83. The predicted octanol–water partition coefficient (Wildman–Crippen LogP) is 3.40. The van der Waals surface area contributed by atoms with E-state index in [-0.39, 0.29) is 4.90 Å². The van der Waals surface area contributed by atoms with Crippen LogP contribution < -0.4 is 0 Å². The quantitative estimate of drug-likeness (QED) is 0.778. The second-order valence-corrected chi connectivity index (χ2v) is 8.61. The van der Waals surface area contributed by atoms with Gasteiger partial charge in [-0.05, 0) is 55.7 Å². The minimum absolute atomic E-state index is 0.206. The molecule has 0 aliphatic heterocycles. The van der Waals surface area contributed by atoms with Crippen LogP contribution in [0.2, 0.25) is 0 Å². The molecule has 0 N–H and O–H groups in total. The molecule has 0 saturated heterocycles. The van der Waals surface area contributed by atoms with Gasteiger partial charge < -0.3 is 0 Å². The molecule has 20 heavy (non-hydrogen) atoms. The Bertz CT molecular complexity index is 598. The Hall–Kier alpha value is -0.460. The third-order valence-corrected chi connectivity index (χ3v) is 6.19. The molecule has 0 radical (unpaired) electrons. The number of hydrogen-bond donors (Lipinski definition) is 0. The van der Waals surface area contributed by atoms with Crippen molar-refractivity contribution in [2.45, 2.75) is 30.6 Å². The molecular formula is C14H17BrFNO2S. The first-order valence-electron chi connectivity index (χ1n) is 6.92. The van der Waals surface area contributed by atoms with Crippen LogP contribution in [0.15, 0.2) is 27.6 Å². The zero-order valence-corrected chi connectivity index (χ0v) is 13.5. The van der Waals surface area contributed by atoms with E-state index in [2.05, 4.69) is 15.9 Å². The van der Waals surface area contributed by atoms with Gasteiger partial charge in [0.1, 0.15) is 10.7 Å². The molecule has 2 fully saturated rings. The molecule has 110 valence electrons. The number of sulfonamides is 1. The maximum atomic E-state index is 14.0. The second-order valence-electron chi connectivity index (χ2n) is 5.78. The molecule has 0 amide bonds. The molecule has 0 aromatic heterocycles. The van der Waals surface area contributed by atoms with E-state index >= 15 is 0 Å². The Kier molecular flexibility index (Phi) is 3.90. The first-order chi connectivity index (χ1) is 9.46. The van der Waals surface area contributed by atoms with E-state index in [1.165, 1.54) is 16.4 Å². The smallest absolute Gasteiger partial charge is 0.207 e. The van der Waals surface area contributed by atoms with E-state index in [4.69, 9.17) is 0 Å². The predicted molar refractivity (Wildman–Crippen MR) is 78.3 cm³/mol. The van der Waals surface area contributed by atoms with Crippen molar-refractivity contribution < 1.29 is 12.8 Å². The maximum absolute atomic E-state index is 14.0. The lowest BCUT2D eigenvalue weighted by Gasteiger charge is -2.22. The maximum Gasteiger partial charge on any atom is 0.246 e. The third kappa shape index (κ3) is 3.23. The van der Waals surface area contributed by atoms with Crippen LogP contribution in [0.1, 0.15) is 25.7 Å². The van der Waals surface area contributed by atoms with Gasteiger partial charge in [-0.3, -0.25) is 0 Å². The lowest BCUT2D eigenvalue weighted by atomic mass is 10.3. The number of nitrogens with zero attached hydrogens (tertiary/aromatic N) is 1. The fourth-order valence-corrected chi connectivity index (χ4v) is 4.24. The van der Waals surface area contributed by atoms with Gasteiger partial charge in [-0.15, -0.1) is 0 Å². The summed E-state index contributed by atoms with van der Waals surface area (Å²) in [6.07, 6.45) is 4.33. The van der Waals surface area contributed by atoms with Crippen molar-refractivity contribution in [2.75, 3.05) is 13.1 Å². The molecule has 0 spiro atoms. The van der Waals surface area contributed by atoms with Gasteiger partial charge in [0.2, 0.25) is 10.0 Å². The summed E-state index contributed by atoms with van der Waals surface area (Å²) in [5.41, 5.74) is 0. The highest BCUT2D eigenvalue weighted by Gasteiger charge is 2.36. The average molecular weight is 362 g/mol. The zero-order valence-electron chi connectivity index (χ0n) is 11.1. The van der Waals surface area contributed by atoms with Crippen LogP contribution in [0.4, 0.5) is 4.39 Å². The molecular weight excluding hydrogens is 345 g/mol. The molecule has 0 atom stereocenters. The number of rotatable bonds is 6.